The maximum Gasteiger partial charge on any atom is 0.262 e. The highest BCUT2D eigenvalue weighted by atomic mass is 32.1. The summed E-state index contributed by atoms with van der Waals surface area (Å²) in [6.07, 6.45) is 8.30. The number of carbonyl (C=O) groups excluding carboxylic acids is 2. The lowest BCUT2D eigenvalue weighted by Gasteiger charge is -2.47. The van der Waals surface area contributed by atoms with Crippen molar-refractivity contribution in [1.82, 2.24) is 15.1 Å². The molecule has 2 aliphatic heterocycles. The van der Waals surface area contributed by atoms with Crippen LogP contribution in [0.1, 0.15) is 93.4 Å². The predicted octanol–water partition coefficient (Wildman–Crippen LogP) is 4.76. The normalized spacial score (nSPS) is 24.1. The minimum absolute atomic E-state index is 0.204. The van der Waals surface area contributed by atoms with Gasteiger partial charge in [0, 0.05) is 23.7 Å². The second kappa shape index (κ2) is 8.19. The van der Waals surface area contributed by atoms with Gasteiger partial charge >= 0.3 is 0 Å². The van der Waals surface area contributed by atoms with Crippen molar-refractivity contribution in [3.8, 4) is 0 Å². The van der Waals surface area contributed by atoms with Crippen molar-refractivity contribution >= 4 is 29.1 Å². The van der Waals surface area contributed by atoms with Crippen molar-refractivity contribution < 1.29 is 9.59 Å². The molecule has 1 aromatic rings. The molecule has 0 aromatic heterocycles. The highest BCUT2D eigenvalue weighted by molar-refractivity contribution is 7.80. The molecule has 1 saturated heterocycles. The lowest BCUT2D eigenvalue weighted by molar-refractivity contribution is 0.0427. The number of hydrogen-bond acceptors (Lipinski definition) is 3. The van der Waals surface area contributed by atoms with Crippen molar-refractivity contribution in [1.29, 1.82) is 0 Å². The number of piperidine rings is 1. The molecular weight excluding hydrogens is 406 g/mol. The van der Waals surface area contributed by atoms with E-state index in [2.05, 4.69) is 24.1 Å². The van der Waals surface area contributed by atoms with Crippen molar-refractivity contribution in [3.63, 3.8) is 0 Å². The molecule has 2 unspecified atom stereocenters. The van der Waals surface area contributed by atoms with Crippen LogP contribution in [0.3, 0.4) is 0 Å². The average Bonchev–Trinajstić information content (AvgIpc) is 2.97. The molecule has 2 atom stereocenters. The quantitative estimate of drug-likeness (QED) is 0.539. The molecule has 6 heteroatoms. The average molecular weight is 442 g/mol. The van der Waals surface area contributed by atoms with Crippen LogP contribution >= 0.6 is 12.2 Å². The van der Waals surface area contributed by atoms with E-state index in [9.17, 15) is 9.59 Å². The second-order valence-corrected chi connectivity index (χ2v) is 11.1. The van der Waals surface area contributed by atoms with Crippen LogP contribution in [0, 0.1) is 5.92 Å². The fourth-order valence-corrected chi connectivity index (χ4v) is 6.68. The van der Waals surface area contributed by atoms with E-state index in [1.807, 2.05) is 26.0 Å². The van der Waals surface area contributed by atoms with E-state index in [-0.39, 0.29) is 17.4 Å². The minimum Gasteiger partial charge on any atom is -0.358 e. The Kier molecular flexibility index (Phi) is 5.88. The number of likely N-dealkylation sites (tertiary alicyclic amines) is 1. The van der Waals surface area contributed by atoms with Gasteiger partial charge in [0.2, 0.25) is 0 Å². The molecule has 1 aliphatic carbocycles. The smallest absolute Gasteiger partial charge is 0.262 e. The number of imide groups is 1. The number of thiocarbonyl (C=S) groups is 1. The summed E-state index contributed by atoms with van der Waals surface area (Å²) in [6, 6.07) is 7.65. The summed E-state index contributed by atoms with van der Waals surface area (Å²) in [5.41, 5.74) is -0.0106. The maximum atomic E-state index is 13.0. The number of nitrogens with zero attached hydrogens (tertiary/aromatic N) is 2. The largest absolute Gasteiger partial charge is 0.358 e. The van der Waals surface area contributed by atoms with Crippen LogP contribution in [0.2, 0.25) is 0 Å². The fourth-order valence-electron chi connectivity index (χ4n) is 6.18. The first kappa shape index (κ1) is 22.3. The lowest BCUT2D eigenvalue weighted by atomic mass is 9.78. The van der Waals surface area contributed by atoms with Crippen molar-refractivity contribution in [3.05, 3.63) is 35.4 Å². The highest BCUT2D eigenvalue weighted by Crippen LogP contribution is 2.37. The molecule has 3 aliphatic rings. The number of carbonyl (C=O) groups is 2. The third-order valence-electron chi connectivity index (χ3n) is 7.22. The molecule has 1 N–H and O–H groups in total. The first-order valence-corrected chi connectivity index (χ1v) is 12.1. The molecule has 4 rings (SSSR count). The number of fused-ring (bicyclic) bond motifs is 2. The van der Waals surface area contributed by atoms with Gasteiger partial charge in [-0.05, 0) is 90.1 Å². The van der Waals surface area contributed by atoms with E-state index in [4.69, 9.17) is 12.2 Å². The predicted molar refractivity (Wildman–Crippen MR) is 127 cm³/mol. The molecule has 2 heterocycles. The maximum absolute atomic E-state index is 13.0. The van der Waals surface area contributed by atoms with Gasteiger partial charge in [-0.25, -0.2) is 0 Å². The Balaban J connectivity index is 1.46. The molecule has 2 amide bonds. The third-order valence-corrected chi connectivity index (χ3v) is 7.56. The van der Waals surface area contributed by atoms with Gasteiger partial charge in [-0.1, -0.05) is 25.0 Å². The Morgan fingerprint density at radius 1 is 1.00 bits per heavy atom. The van der Waals surface area contributed by atoms with Gasteiger partial charge in [-0.15, -0.1) is 0 Å². The standard InChI is InChI=1S/C25H35N3O2S/c1-24(2,26-23(31)27-15-9-11-17-10-5-8-14-20(17)27)16-25(3,4)28-21(29)18-12-6-7-13-19(18)22(28)30/h6-7,12-13,17,20H,5,8-11,14-16H2,1-4H3,(H,26,31). The van der Waals surface area contributed by atoms with Gasteiger partial charge in [-0.2, -0.15) is 0 Å². The molecule has 1 saturated carbocycles. The van der Waals surface area contributed by atoms with Crippen LogP contribution in [0.15, 0.2) is 24.3 Å². The van der Waals surface area contributed by atoms with E-state index in [0.29, 0.717) is 23.6 Å². The Hall–Kier alpha value is -1.95. The lowest BCUT2D eigenvalue weighted by Crippen LogP contribution is -2.60. The SMILES string of the molecule is CC(C)(CC(C)(C)N1C(=O)c2ccccc2C1=O)NC(=S)N1CCCC2CCCCC21. The topological polar surface area (TPSA) is 52.7 Å². The molecule has 1 aromatic carbocycles. The van der Waals surface area contributed by atoms with Crippen LogP contribution in [0.5, 0.6) is 0 Å². The van der Waals surface area contributed by atoms with Crippen LogP contribution in [-0.2, 0) is 0 Å². The van der Waals surface area contributed by atoms with Gasteiger partial charge in [-0.3, -0.25) is 14.5 Å². The summed E-state index contributed by atoms with van der Waals surface area (Å²) in [5.74, 6) is 0.357. The second-order valence-electron chi connectivity index (χ2n) is 10.7. The molecule has 168 valence electrons. The molecule has 2 fully saturated rings. The van der Waals surface area contributed by atoms with Crippen molar-refractivity contribution in [2.75, 3.05) is 6.54 Å². The zero-order valence-electron chi connectivity index (χ0n) is 19.2. The Morgan fingerprint density at radius 2 is 1.58 bits per heavy atom. The zero-order valence-corrected chi connectivity index (χ0v) is 20.1. The van der Waals surface area contributed by atoms with Gasteiger partial charge in [0.25, 0.3) is 11.8 Å². The Bertz CT molecular complexity index is 858. The molecule has 5 nitrogen and oxygen atoms in total. The third kappa shape index (κ3) is 4.23. The molecule has 31 heavy (non-hydrogen) atoms. The molecule has 0 radical (unpaired) electrons. The summed E-state index contributed by atoms with van der Waals surface area (Å²) in [7, 11) is 0. The van der Waals surface area contributed by atoms with Gasteiger partial charge in [0.05, 0.1) is 11.1 Å². The van der Waals surface area contributed by atoms with Gasteiger partial charge in [0.1, 0.15) is 0 Å². The van der Waals surface area contributed by atoms with Crippen LogP contribution in [-0.4, -0.2) is 50.4 Å². The Labute approximate surface area is 191 Å². The number of rotatable bonds is 4. The monoisotopic (exact) mass is 441 g/mol. The Morgan fingerprint density at radius 3 is 2.23 bits per heavy atom. The summed E-state index contributed by atoms with van der Waals surface area (Å²) in [6.45, 7) is 9.19. The van der Waals surface area contributed by atoms with Crippen LogP contribution in [0.4, 0.5) is 0 Å². The zero-order chi connectivity index (χ0) is 22.4. The number of nitrogens with one attached hydrogen (secondary N) is 1. The van der Waals surface area contributed by atoms with E-state index in [1.165, 1.54) is 43.4 Å². The van der Waals surface area contributed by atoms with E-state index in [1.54, 1.807) is 12.1 Å². The van der Waals surface area contributed by atoms with Gasteiger partial charge < -0.3 is 10.2 Å². The van der Waals surface area contributed by atoms with E-state index < -0.39 is 5.54 Å². The minimum atomic E-state index is -0.644. The fraction of sp³-hybridized carbons (Fsp3) is 0.640. The van der Waals surface area contributed by atoms with Crippen molar-refractivity contribution in [2.45, 2.75) is 89.8 Å². The summed E-state index contributed by atoms with van der Waals surface area (Å²) >= 11 is 5.88. The molecule has 0 bridgehead atoms. The van der Waals surface area contributed by atoms with E-state index in [0.717, 1.165) is 17.6 Å². The highest BCUT2D eigenvalue weighted by Gasteiger charge is 2.46. The van der Waals surface area contributed by atoms with Gasteiger partial charge in [0.15, 0.2) is 5.11 Å². The summed E-state index contributed by atoms with van der Waals surface area (Å²) in [4.78, 5) is 29.9. The van der Waals surface area contributed by atoms with Crippen LogP contribution < -0.4 is 5.32 Å². The number of amides is 2. The number of benzene rings is 1. The van der Waals surface area contributed by atoms with Crippen molar-refractivity contribution in [2.24, 2.45) is 5.92 Å². The molecule has 0 spiro atoms. The first-order chi connectivity index (χ1) is 14.6. The van der Waals surface area contributed by atoms with E-state index >= 15 is 0 Å². The number of hydrogen-bond donors (Lipinski definition) is 1. The molecular formula is C25H35N3O2S. The summed E-state index contributed by atoms with van der Waals surface area (Å²) in [5, 5.41) is 4.42. The summed E-state index contributed by atoms with van der Waals surface area (Å²) < 4.78 is 0. The van der Waals surface area contributed by atoms with Crippen LogP contribution in [0.25, 0.3) is 0 Å². The first-order valence-electron chi connectivity index (χ1n) is 11.7.